The first kappa shape index (κ1) is 32.2. The number of carbonyl (C=O) groups is 2. The molecule has 9 heteroatoms. The lowest BCUT2D eigenvalue weighted by Crippen LogP contribution is -2.52. The van der Waals surface area contributed by atoms with E-state index in [1.165, 1.54) is 4.31 Å². The van der Waals surface area contributed by atoms with Gasteiger partial charge in [-0.2, -0.15) is 0 Å². The molecule has 220 valence electrons. The van der Waals surface area contributed by atoms with E-state index in [4.69, 9.17) is 11.6 Å². The fourth-order valence-electron chi connectivity index (χ4n) is 4.58. The van der Waals surface area contributed by atoms with Gasteiger partial charge in [-0.25, -0.2) is 8.42 Å². The van der Waals surface area contributed by atoms with Crippen molar-refractivity contribution in [1.29, 1.82) is 0 Å². The molecule has 3 rings (SSSR count). The van der Waals surface area contributed by atoms with E-state index in [1.54, 1.807) is 29.2 Å². The van der Waals surface area contributed by atoms with Gasteiger partial charge >= 0.3 is 0 Å². The van der Waals surface area contributed by atoms with Gasteiger partial charge in [0.15, 0.2) is 0 Å². The summed E-state index contributed by atoms with van der Waals surface area (Å²) in [6, 6.07) is 23.3. The number of nitrogens with zero attached hydrogens (tertiary/aromatic N) is 2. The molecule has 0 aliphatic rings. The predicted octanol–water partition coefficient (Wildman–Crippen LogP) is 5.75. The SMILES string of the molecule is CC[C@H](C)NC(=O)[C@@H](Cc1ccccc1)N(Cc1ccccc1C)C(=O)CCCN(c1ccc(Cl)cc1)S(C)(=O)=O. The zero-order valence-electron chi connectivity index (χ0n) is 24.2. The van der Waals surface area contributed by atoms with Crippen molar-refractivity contribution in [2.75, 3.05) is 17.1 Å². The van der Waals surface area contributed by atoms with E-state index < -0.39 is 16.1 Å². The molecule has 1 N–H and O–H groups in total. The molecule has 3 aromatic carbocycles. The summed E-state index contributed by atoms with van der Waals surface area (Å²) in [5.74, 6) is -0.415. The van der Waals surface area contributed by atoms with E-state index in [0.717, 1.165) is 29.4 Å². The van der Waals surface area contributed by atoms with Crippen LogP contribution < -0.4 is 9.62 Å². The number of anilines is 1. The number of benzene rings is 3. The molecule has 0 saturated carbocycles. The van der Waals surface area contributed by atoms with Gasteiger partial charge in [-0.1, -0.05) is 73.1 Å². The summed E-state index contributed by atoms with van der Waals surface area (Å²) < 4.78 is 26.4. The number of hydrogen-bond donors (Lipinski definition) is 1. The van der Waals surface area contributed by atoms with E-state index in [2.05, 4.69) is 5.32 Å². The van der Waals surface area contributed by atoms with Gasteiger partial charge in [-0.3, -0.25) is 13.9 Å². The quantitative estimate of drug-likeness (QED) is 0.256. The third kappa shape index (κ3) is 9.61. The van der Waals surface area contributed by atoms with E-state index in [1.807, 2.05) is 75.4 Å². The Labute approximate surface area is 249 Å². The number of sulfonamides is 1. The molecular weight excluding hydrogens is 558 g/mol. The van der Waals surface area contributed by atoms with Gasteiger partial charge in [0.1, 0.15) is 6.04 Å². The van der Waals surface area contributed by atoms with Gasteiger partial charge in [0.2, 0.25) is 21.8 Å². The van der Waals surface area contributed by atoms with Crippen LogP contribution in [0.3, 0.4) is 0 Å². The summed E-state index contributed by atoms with van der Waals surface area (Å²) in [5.41, 5.74) is 3.41. The van der Waals surface area contributed by atoms with Crippen molar-refractivity contribution in [3.8, 4) is 0 Å². The van der Waals surface area contributed by atoms with Crippen LogP contribution in [0.5, 0.6) is 0 Å². The summed E-state index contributed by atoms with van der Waals surface area (Å²) in [5, 5.41) is 3.58. The molecule has 0 spiro atoms. The van der Waals surface area contributed by atoms with E-state index in [0.29, 0.717) is 17.1 Å². The minimum Gasteiger partial charge on any atom is -0.352 e. The highest BCUT2D eigenvalue weighted by Gasteiger charge is 2.31. The van der Waals surface area contributed by atoms with Crippen molar-refractivity contribution < 1.29 is 18.0 Å². The van der Waals surface area contributed by atoms with Crippen LogP contribution in [0.2, 0.25) is 5.02 Å². The van der Waals surface area contributed by atoms with Crippen LogP contribution in [0.1, 0.15) is 49.8 Å². The predicted molar refractivity (Wildman–Crippen MR) is 166 cm³/mol. The minimum atomic E-state index is -3.59. The fraction of sp³-hybridized carbons (Fsp3) is 0.375. The Balaban J connectivity index is 1.89. The van der Waals surface area contributed by atoms with Crippen LogP contribution in [0, 0.1) is 6.92 Å². The van der Waals surface area contributed by atoms with Crippen molar-refractivity contribution in [2.24, 2.45) is 0 Å². The van der Waals surface area contributed by atoms with Gasteiger partial charge in [0.05, 0.1) is 11.9 Å². The van der Waals surface area contributed by atoms with E-state index in [9.17, 15) is 18.0 Å². The number of carbonyl (C=O) groups excluding carboxylic acids is 2. The summed E-state index contributed by atoms with van der Waals surface area (Å²) in [6.45, 7) is 6.32. The second-order valence-corrected chi connectivity index (χ2v) is 12.7. The van der Waals surface area contributed by atoms with Gasteiger partial charge in [0.25, 0.3) is 0 Å². The lowest BCUT2D eigenvalue weighted by molar-refractivity contribution is -0.141. The first-order chi connectivity index (χ1) is 19.5. The Morgan fingerprint density at radius 1 is 0.951 bits per heavy atom. The molecule has 0 fully saturated rings. The van der Waals surface area contributed by atoms with Gasteiger partial charge in [-0.15, -0.1) is 0 Å². The molecule has 3 aromatic rings. The third-order valence-corrected chi connectivity index (χ3v) is 8.59. The Hall–Kier alpha value is -3.36. The third-order valence-electron chi connectivity index (χ3n) is 7.14. The number of amides is 2. The standard InChI is InChI=1S/C32H40ClN3O4S/c1-5-25(3)34-32(38)30(22-26-13-7-6-8-14-26)35(23-27-15-10-9-12-24(27)2)31(37)16-11-21-36(41(4,39)40)29-19-17-28(33)18-20-29/h6-10,12-15,17-20,25,30H,5,11,16,21-23H2,1-4H3,(H,34,38)/t25-,30+/m0/s1. The molecule has 2 atom stereocenters. The number of rotatable bonds is 14. The topological polar surface area (TPSA) is 86.8 Å². The van der Waals surface area contributed by atoms with Crippen molar-refractivity contribution in [3.63, 3.8) is 0 Å². The summed E-state index contributed by atoms with van der Waals surface area (Å²) in [7, 11) is -3.59. The van der Waals surface area contributed by atoms with Gasteiger partial charge in [-0.05, 0) is 67.6 Å². The highest BCUT2D eigenvalue weighted by molar-refractivity contribution is 7.92. The van der Waals surface area contributed by atoms with E-state index in [-0.39, 0.29) is 43.8 Å². The molecule has 0 unspecified atom stereocenters. The summed E-state index contributed by atoms with van der Waals surface area (Å²) >= 11 is 5.99. The fourth-order valence-corrected chi connectivity index (χ4v) is 5.67. The Kier molecular flexibility index (Phi) is 11.8. The molecule has 0 radical (unpaired) electrons. The minimum absolute atomic E-state index is 0.0427. The molecule has 2 amide bonds. The molecule has 0 aromatic heterocycles. The first-order valence-corrected chi connectivity index (χ1v) is 16.1. The van der Waals surface area contributed by atoms with E-state index >= 15 is 0 Å². The van der Waals surface area contributed by atoms with Crippen LogP contribution >= 0.6 is 11.6 Å². The maximum Gasteiger partial charge on any atom is 0.243 e. The monoisotopic (exact) mass is 597 g/mol. The molecule has 0 aliphatic carbocycles. The Morgan fingerprint density at radius 2 is 1.59 bits per heavy atom. The van der Waals surface area contributed by atoms with Crippen molar-refractivity contribution in [1.82, 2.24) is 10.2 Å². The second-order valence-electron chi connectivity index (χ2n) is 10.4. The van der Waals surface area contributed by atoms with Crippen molar-refractivity contribution in [3.05, 3.63) is 101 Å². The van der Waals surface area contributed by atoms with Crippen LogP contribution in [0.4, 0.5) is 5.69 Å². The Bertz CT molecular complexity index is 1400. The van der Waals surface area contributed by atoms with Gasteiger partial charge < -0.3 is 10.2 Å². The van der Waals surface area contributed by atoms with Crippen LogP contribution in [-0.2, 0) is 32.6 Å². The smallest absolute Gasteiger partial charge is 0.243 e. The lowest BCUT2D eigenvalue weighted by Gasteiger charge is -2.33. The molecular formula is C32H40ClN3O4S. The maximum absolute atomic E-state index is 13.9. The van der Waals surface area contributed by atoms with Gasteiger partial charge in [0, 0.05) is 37.0 Å². The normalized spacial score (nSPS) is 12.8. The van der Waals surface area contributed by atoms with Crippen LogP contribution in [0.15, 0.2) is 78.9 Å². The number of halogens is 1. The largest absolute Gasteiger partial charge is 0.352 e. The number of nitrogens with one attached hydrogen (secondary N) is 1. The van der Waals surface area contributed by atoms with Crippen molar-refractivity contribution >= 4 is 39.1 Å². The lowest BCUT2D eigenvalue weighted by atomic mass is 10.0. The molecule has 0 heterocycles. The Morgan fingerprint density at radius 3 is 2.20 bits per heavy atom. The highest BCUT2D eigenvalue weighted by Crippen LogP contribution is 2.22. The number of aryl methyl sites for hydroxylation is 1. The van der Waals surface area contributed by atoms with Crippen molar-refractivity contribution in [2.45, 2.75) is 65.1 Å². The first-order valence-electron chi connectivity index (χ1n) is 13.9. The highest BCUT2D eigenvalue weighted by atomic mass is 35.5. The average Bonchev–Trinajstić information content (AvgIpc) is 2.94. The average molecular weight is 598 g/mol. The molecule has 0 aliphatic heterocycles. The molecule has 7 nitrogen and oxygen atoms in total. The second kappa shape index (κ2) is 15.0. The van der Waals surface area contributed by atoms with Crippen LogP contribution in [0.25, 0.3) is 0 Å². The summed E-state index contributed by atoms with van der Waals surface area (Å²) in [4.78, 5) is 29.2. The molecule has 0 bridgehead atoms. The zero-order chi connectivity index (χ0) is 30.0. The van der Waals surface area contributed by atoms with Crippen LogP contribution in [-0.4, -0.2) is 50.0 Å². The molecule has 41 heavy (non-hydrogen) atoms. The maximum atomic E-state index is 13.9. The zero-order valence-corrected chi connectivity index (χ0v) is 25.8. The summed E-state index contributed by atoms with van der Waals surface area (Å²) in [6.07, 6.45) is 2.63. The molecule has 0 saturated heterocycles. The number of hydrogen-bond acceptors (Lipinski definition) is 4.